The highest BCUT2D eigenvalue weighted by molar-refractivity contribution is 4.97. The average Bonchev–Trinajstić information content (AvgIpc) is 1.89. The van der Waals surface area contributed by atoms with Crippen LogP contribution in [-0.4, -0.2) is 6.86 Å². The zero-order valence-electron chi connectivity index (χ0n) is 6.91. The molecule has 0 aliphatic rings. The minimum Gasteiger partial charge on any atom is -0.467 e. The molecule has 10 heavy (non-hydrogen) atoms. The Morgan fingerprint density at radius 3 is 2.40 bits per heavy atom. The molecule has 0 aromatic heterocycles. The molecule has 0 unspecified atom stereocenters. The van der Waals surface area contributed by atoms with Crippen molar-refractivity contribution in [3.63, 3.8) is 0 Å². The Labute approximate surface area is 61.9 Å². The van der Waals surface area contributed by atoms with Gasteiger partial charge in [-0.15, -0.1) is 0 Å². The number of hydrogen-bond donors (Lipinski definition) is 0. The summed E-state index contributed by atoms with van der Waals surface area (Å²) < 4.78 is 16.3. The first-order valence-electron chi connectivity index (χ1n) is 3.42. The van der Waals surface area contributed by atoms with Crippen molar-refractivity contribution in [3.8, 4) is 0 Å². The molecular weight excluding hydrogens is 131 g/mol. The second-order valence-electron chi connectivity index (χ2n) is 2.91. The summed E-state index contributed by atoms with van der Waals surface area (Å²) in [6.45, 7) is 8.82. The molecule has 0 amide bonds. The van der Waals surface area contributed by atoms with Crippen LogP contribution in [0.3, 0.4) is 0 Å². The Hall–Kier alpha value is -0.530. The summed E-state index contributed by atoms with van der Waals surface area (Å²) in [5.74, 6) is 0.525. The second kappa shape index (κ2) is 3.59. The summed E-state index contributed by atoms with van der Waals surface area (Å²) in [6, 6.07) is 0. The molecule has 2 heteroatoms. The van der Waals surface area contributed by atoms with Gasteiger partial charge in [0, 0.05) is 5.41 Å². The van der Waals surface area contributed by atoms with Crippen molar-refractivity contribution in [2.24, 2.45) is 5.41 Å². The van der Waals surface area contributed by atoms with Crippen molar-refractivity contribution in [2.75, 3.05) is 6.86 Å². The van der Waals surface area contributed by atoms with Crippen LogP contribution in [0, 0.1) is 5.41 Å². The van der Waals surface area contributed by atoms with E-state index in [-0.39, 0.29) is 5.41 Å². The van der Waals surface area contributed by atoms with Gasteiger partial charge < -0.3 is 4.74 Å². The molecule has 0 heterocycles. The molecule has 0 bridgehead atoms. The molecule has 0 rings (SSSR count). The molecule has 0 atom stereocenters. The highest BCUT2D eigenvalue weighted by atomic mass is 19.1. The van der Waals surface area contributed by atoms with Crippen LogP contribution >= 0.6 is 0 Å². The molecule has 0 radical (unpaired) electrons. The van der Waals surface area contributed by atoms with Crippen LogP contribution in [0.25, 0.3) is 0 Å². The number of ether oxygens (including phenoxy) is 1. The van der Waals surface area contributed by atoms with Crippen LogP contribution in [0.2, 0.25) is 0 Å². The molecule has 1 nitrogen and oxygen atoms in total. The minimum atomic E-state index is -0.776. The fourth-order valence-corrected chi connectivity index (χ4v) is 0.458. The Balaban J connectivity index is 3.91. The smallest absolute Gasteiger partial charge is 0.228 e. The van der Waals surface area contributed by atoms with E-state index in [0.717, 1.165) is 6.42 Å². The number of halogens is 1. The second-order valence-corrected chi connectivity index (χ2v) is 2.91. The molecule has 0 saturated carbocycles. The van der Waals surface area contributed by atoms with Crippen molar-refractivity contribution < 1.29 is 9.13 Å². The third-order valence-electron chi connectivity index (χ3n) is 1.87. The van der Waals surface area contributed by atoms with Gasteiger partial charge >= 0.3 is 0 Å². The molecule has 0 aromatic rings. The van der Waals surface area contributed by atoms with E-state index in [1.807, 2.05) is 20.8 Å². The quantitative estimate of drug-likeness (QED) is 0.554. The van der Waals surface area contributed by atoms with Gasteiger partial charge in [0.15, 0.2) is 0 Å². The third kappa shape index (κ3) is 2.38. The summed E-state index contributed by atoms with van der Waals surface area (Å²) in [6.07, 6.45) is 0.909. The molecule has 0 fully saturated rings. The predicted molar refractivity (Wildman–Crippen MR) is 40.3 cm³/mol. The van der Waals surface area contributed by atoms with Gasteiger partial charge in [0.1, 0.15) is 0 Å². The van der Waals surface area contributed by atoms with Gasteiger partial charge in [0.25, 0.3) is 0 Å². The zero-order chi connectivity index (χ0) is 8.20. The average molecular weight is 146 g/mol. The summed E-state index contributed by atoms with van der Waals surface area (Å²) in [5, 5.41) is 0. The highest BCUT2D eigenvalue weighted by Crippen LogP contribution is 2.28. The zero-order valence-corrected chi connectivity index (χ0v) is 6.91. The first-order valence-corrected chi connectivity index (χ1v) is 3.42. The molecule has 0 N–H and O–H groups in total. The van der Waals surface area contributed by atoms with Gasteiger partial charge in [-0.1, -0.05) is 27.4 Å². The van der Waals surface area contributed by atoms with Crippen LogP contribution in [-0.2, 0) is 4.74 Å². The van der Waals surface area contributed by atoms with Gasteiger partial charge in [-0.05, 0) is 6.42 Å². The van der Waals surface area contributed by atoms with E-state index in [4.69, 9.17) is 0 Å². The third-order valence-corrected chi connectivity index (χ3v) is 1.87. The number of allylic oxidation sites excluding steroid dienone is 1. The van der Waals surface area contributed by atoms with Gasteiger partial charge in [0.2, 0.25) is 6.86 Å². The van der Waals surface area contributed by atoms with Crippen LogP contribution in [0.15, 0.2) is 12.3 Å². The van der Waals surface area contributed by atoms with Gasteiger partial charge in [0.05, 0.1) is 5.76 Å². The molecule has 60 valence electrons. The maximum absolute atomic E-state index is 11.6. The molecular formula is C8H15FO. The van der Waals surface area contributed by atoms with E-state index in [1.165, 1.54) is 0 Å². The highest BCUT2D eigenvalue weighted by Gasteiger charge is 2.20. The lowest BCUT2D eigenvalue weighted by Gasteiger charge is -2.23. The number of alkyl halides is 1. The van der Waals surface area contributed by atoms with E-state index in [9.17, 15) is 4.39 Å². The van der Waals surface area contributed by atoms with Crippen molar-refractivity contribution in [3.05, 3.63) is 12.3 Å². The van der Waals surface area contributed by atoms with E-state index in [1.54, 1.807) is 0 Å². The molecule has 0 saturated heterocycles. The Morgan fingerprint density at radius 1 is 1.60 bits per heavy atom. The Kier molecular flexibility index (Phi) is 3.40. The normalized spacial score (nSPS) is 11.2. The molecule has 0 aliphatic carbocycles. The fraction of sp³-hybridized carbons (Fsp3) is 0.750. The van der Waals surface area contributed by atoms with Crippen molar-refractivity contribution >= 4 is 0 Å². The van der Waals surface area contributed by atoms with Crippen molar-refractivity contribution in [2.45, 2.75) is 27.2 Å². The van der Waals surface area contributed by atoms with E-state index in [0.29, 0.717) is 5.76 Å². The number of rotatable bonds is 4. The first kappa shape index (κ1) is 9.47. The van der Waals surface area contributed by atoms with E-state index >= 15 is 0 Å². The lowest BCUT2D eigenvalue weighted by Crippen LogP contribution is -2.14. The predicted octanol–water partition coefficient (Wildman–Crippen LogP) is 2.88. The summed E-state index contributed by atoms with van der Waals surface area (Å²) in [4.78, 5) is 0. The summed E-state index contributed by atoms with van der Waals surface area (Å²) in [5.41, 5.74) is -0.105. The van der Waals surface area contributed by atoms with Gasteiger partial charge in [-0.3, -0.25) is 0 Å². The molecule has 0 aromatic carbocycles. The first-order chi connectivity index (χ1) is 4.54. The van der Waals surface area contributed by atoms with Crippen LogP contribution in [0.5, 0.6) is 0 Å². The Bertz CT molecular complexity index is 118. The maximum atomic E-state index is 11.6. The minimum absolute atomic E-state index is 0.105. The van der Waals surface area contributed by atoms with Crippen molar-refractivity contribution in [1.29, 1.82) is 0 Å². The lowest BCUT2D eigenvalue weighted by molar-refractivity contribution is 0.0739. The lowest BCUT2D eigenvalue weighted by atomic mass is 9.89. The molecule has 0 aliphatic heterocycles. The number of hydrogen-bond acceptors (Lipinski definition) is 1. The fourth-order valence-electron chi connectivity index (χ4n) is 0.458. The van der Waals surface area contributed by atoms with Crippen molar-refractivity contribution in [1.82, 2.24) is 0 Å². The monoisotopic (exact) mass is 146 g/mol. The largest absolute Gasteiger partial charge is 0.467 e. The van der Waals surface area contributed by atoms with E-state index < -0.39 is 6.86 Å². The van der Waals surface area contributed by atoms with Gasteiger partial charge in [-0.25, -0.2) is 4.39 Å². The Morgan fingerprint density at radius 2 is 2.10 bits per heavy atom. The SMILES string of the molecule is C=C(OCF)C(C)(C)CC. The van der Waals surface area contributed by atoms with Gasteiger partial charge in [-0.2, -0.15) is 0 Å². The topological polar surface area (TPSA) is 9.23 Å². The standard InChI is InChI=1S/C8H15FO/c1-5-8(3,4)7(2)10-6-9/h2,5-6H2,1,3-4H3. The summed E-state index contributed by atoms with van der Waals surface area (Å²) >= 11 is 0. The molecule has 0 spiro atoms. The van der Waals surface area contributed by atoms with Crippen LogP contribution in [0.4, 0.5) is 4.39 Å². The van der Waals surface area contributed by atoms with E-state index in [2.05, 4.69) is 11.3 Å². The van der Waals surface area contributed by atoms with Crippen LogP contribution in [0.1, 0.15) is 27.2 Å². The van der Waals surface area contributed by atoms with Crippen LogP contribution < -0.4 is 0 Å². The summed E-state index contributed by atoms with van der Waals surface area (Å²) in [7, 11) is 0. The maximum Gasteiger partial charge on any atom is 0.228 e.